The Morgan fingerprint density at radius 1 is 1.37 bits per heavy atom. The quantitative estimate of drug-likeness (QED) is 0.883. The van der Waals surface area contributed by atoms with E-state index in [1.165, 1.54) is 17.4 Å². The maximum atomic E-state index is 13.9. The van der Waals surface area contributed by atoms with Gasteiger partial charge in [0.15, 0.2) is 11.6 Å². The van der Waals surface area contributed by atoms with Crippen LogP contribution in [0.2, 0.25) is 4.34 Å². The van der Waals surface area contributed by atoms with Crippen LogP contribution in [-0.4, -0.2) is 7.05 Å². The van der Waals surface area contributed by atoms with Crippen LogP contribution in [0.3, 0.4) is 0 Å². The van der Waals surface area contributed by atoms with E-state index < -0.39 is 0 Å². The summed E-state index contributed by atoms with van der Waals surface area (Å²) in [5.74, 6) is -0.0844. The molecule has 0 aliphatic heterocycles. The van der Waals surface area contributed by atoms with Crippen molar-refractivity contribution in [1.82, 2.24) is 5.32 Å². The first-order valence-electron chi connectivity index (χ1n) is 5.94. The van der Waals surface area contributed by atoms with Crippen LogP contribution in [0.4, 0.5) is 4.39 Å². The largest absolute Gasteiger partial charge is 0.485 e. The van der Waals surface area contributed by atoms with Crippen molar-refractivity contribution in [2.24, 2.45) is 0 Å². The van der Waals surface area contributed by atoms with Crippen molar-refractivity contribution in [2.45, 2.75) is 19.6 Å². The minimum Gasteiger partial charge on any atom is -0.485 e. The van der Waals surface area contributed by atoms with Crippen LogP contribution in [-0.2, 0) is 6.61 Å². The Morgan fingerprint density at radius 2 is 2.16 bits per heavy atom. The second kappa shape index (κ2) is 6.37. The Labute approximate surface area is 121 Å². The van der Waals surface area contributed by atoms with Crippen LogP contribution < -0.4 is 10.1 Å². The van der Waals surface area contributed by atoms with Gasteiger partial charge in [-0.25, -0.2) is 4.39 Å². The first-order valence-corrected chi connectivity index (χ1v) is 7.13. The highest BCUT2D eigenvalue weighted by atomic mass is 35.5. The molecule has 0 saturated heterocycles. The summed E-state index contributed by atoms with van der Waals surface area (Å²) in [6.07, 6.45) is 0. The monoisotopic (exact) mass is 299 g/mol. The molecule has 0 spiro atoms. The molecular formula is C14H15ClFNOS. The second-order valence-electron chi connectivity index (χ2n) is 4.19. The van der Waals surface area contributed by atoms with Gasteiger partial charge >= 0.3 is 0 Å². The average Bonchev–Trinajstić information content (AvgIpc) is 2.82. The van der Waals surface area contributed by atoms with E-state index in [2.05, 4.69) is 5.32 Å². The van der Waals surface area contributed by atoms with E-state index in [0.717, 1.165) is 10.4 Å². The van der Waals surface area contributed by atoms with Crippen LogP contribution in [0.1, 0.15) is 23.4 Å². The molecule has 2 nitrogen and oxygen atoms in total. The summed E-state index contributed by atoms with van der Waals surface area (Å²) in [6.45, 7) is 2.30. The fourth-order valence-corrected chi connectivity index (χ4v) is 2.65. The van der Waals surface area contributed by atoms with E-state index in [4.69, 9.17) is 16.3 Å². The average molecular weight is 300 g/mol. The highest BCUT2D eigenvalue weighted by Crippen LogP contribution is 2.25. The SMILES string of the molecule is CNC(C)c1ccc(OCc2ccc(Cl)s2)c(F)c1. The number of rotatable bonds is 5. The number of nitrogens with one attached hydrogen (secondary N) is 1. The van der Waals surface area contributed by atoms with Crippen LogP contribution >= 0.6 is 22.9 Å². The smallest absolute Gasteiger partial charge is 0.165 e. The van der Waals surface area contributed by atoms with Gasteiger partial charge in [-0.15, -0.1) is 11.3 Å². The molecule has 0 amide bonds. The summed E-state index contributed by atoms with van der Waals surface area (Å²) < 4.78 is 20.0. The molecule has 5 heteroatoms. The number of ether oxygens (including phenoxy) is 1. The minimum atomic E-state index is -0.345. The van der Waals surface area contributed by atoms with Crippen molar-refractivity contribution in [2.75, 3.05) is 7.05 Å². The summed E-state index contributed by atoms with van der Waals surface area (Å²) in [5, 5.41) is 3.07. The summed E-state index contributed by atoms with van der Waals surface area (Å²) in [6, 6.07) is 8.81. The molecule has 2 rings (SSSR count). The zero-order valence-corrected chi connectivity index (χ0v) is 12.3. The van der Waals surface area contributed by atoms with E-state index in [0.29, 0.717) is 10.9 Å². The molecule has 0 fully saturated rings. The lowest BCUT2D eigenvalue weighted by Crippen LogP contribution is -2.12. The third-order valence-electron chi connectivity index (χ3n) is 2.89. The molecular weight excluding hydrogens is 285 g/mol. The summed E-state index contributed by atoms with van der Waals surface area (Å²) in [5.41, 5.74) is 0.895. The molecule has 0 aliphatic rings. The van der Waals surface area contributed by atoms with Crippen molar-refractivity contribution in [1.29, 1.82) is 0 Å². The Balaban J connectivity index is 2.05. The second-order valence-corrected chi connectivity index (χ2v) is 5.99. The van der Waals surface area contributed by atoms with Gasteiger partial charge in [-0.1, -0.05) is 17.7 Å². The number of halogens is 2. The summed E-state index contributed by atoms with van der Waals surface area (Å²) in [7, 11) is 1.84. The van der Waals surface area contributed by atoms with E-state index in [9.17, 15) is 4.39 Å². The maximum absolute atomic E-state index is 13.9. The van der Waals surface area contributed by atoms with Crippen molar-refractivity contribution in [3.05, 3.63) is 50.9 Å². The first kappa shape index (κ1) is 14.3. The topological polar surface area (TPSA) is 21.3 Å². The lowest BCUT2D eigenvalue weighted by atomic mass is 10.1. The Hall–Kier alpha value is -1.10. The highest BCUT2D eigenvalue weighted by molar-refractivity contribution is 7.16. The normalized spacial score (nSPS) is 12.4. The van der Waals surface area contributed by atoms with Gasteiger partial charge < -0.3 is 10.1 Å². The summed E-state index contributed by atoms with van der Waals surface area (Å²) in [4.78, 5) is 0.970. The number of hydrogen-bond acceptors (Lipinski definition) is 3. The van der Waals surface area contributed by atoms with Crippen molar-refractivity contribution in [3.8, 4) is 5.75 Å². The standard InChI is InChI=1S/C14H15ClFNOS/c1-9(17-2)10-3-5-13(12(16)7-10)18-8-11-4-6-14(15)19-11/h3-7,9,17H,8H2,1-2H3. The fourth-order valence-electron chi connectivity index (χ4n) is 1.65. The van der Waals surface area contributed by atoms with Gasteiger partial charge in [-0.2, -0.15) is 0 Å². The van der Waals surface area contributed by atoms with Gasteiger partial charge in [0.25, 0.3) is 0 Å². The van der Waals surface area contributed by atoms with Crippen LogP contribution in [0.15, 0.2) is 30.3 Å². The lowest BCUT2D eigenvalue weighted by Gasteiger charge is -2.12. The van der Waals surface area contributed by atoms with Gasteiger partial charge in [0.05, 0.1) is 4.34 Å². The molecule has 0 radical (unpaired) electrons. The van der Waals surface area contributed by atoms with E-state index in [1.807, 2.05) is 26.1 Å². The predicted molar refractivity (Wildman–Crippen MR) is 77.5 cm³/mol. The third kappa shape index (κ3) is 3.69. The molecule has 1 N–H and O–H groups in total. The van der Waals surface area contributed by atoms with Crippen molar-refractivity contribution in [3.63, 3.8) is 0 Å². The Bertz CT molecular complexity index is 558. The first-order chi connectivity index (χ1) is 9.10. The van der Waals surface area contributed by atoms with Gasteiger partial charge in [-0.3, -0.25) is 0 Å². The lowest BCUT2D eigenvalue weighted by molar-refractivity contribution is 0.293. The van der Waals surface area contributed by atoms with Crippen molar-refractivity contribution >= 4 is 22.9 Å². The van der Waals surface area contributed by atoms with E-state index >= 15 is 0 Å². The molecule has 1 aromatic carbocycles. The van der Waals surface area contributed by atoms with E-state index in [1.54, 1.807) is 12.1 Å². The van der Waals surface area contributed by atoms with Crippen molar-refractivity contribution < 1.29 is 9.13 Å². The molecule has 0 saturated carbocycles. The fraction of sp³-hybridized carbons (Fsp3) is 0.286. The van der Waals surface area contributed by atoms with Gasteiger partial charge in [0, 0.05) is 10.9 Å². The van der Waals surface area contributed by atoms with Gasteiger partial charge in [0.2, 0.25) is 0 Å². The van der Waals surface area contributed by atoms with Gasteiger partial charge in [0.1, 0.15) is 6.61 Å². The maximum Gasteiger partial charge on any atom is 0.165 e. The molecule has 102 valence electrons. The molecule has 1 unspecified atom stereocenters. The zero-order valence-electron chi connectivity index (χ0n) is 10.7. The van der Waals surface area contributed by atoms with E-state index in [-0.39, 0.29) is 17.6 Å². The van der Waals surface area contributed by atoms with Crippen LogP contribution in [0, 0.1) is 5.82 Å². The number of thiophene rings is 1. The molecule has 0 bridgehead atoms. The molecule has 19 heavy (non-hydrogen) atoms. The summed E-state index contributed by atoms with van der Waals surface area (Å²) >= 11 is 7.26. The Morgan fingerprint density at radius 3 is 2.74 bits per heavy atom. The number of hydrogen-bond donors (Lipinski definition) is 1. The zero-order chi connectivity index (χ0) is 13.8. The number of benzene rings is 1. The van der Waals surface area contributed by atoms with Crippen LogP contribution in [0.5, 0.6) is 5.75 Å². The van der Waals surface area contributed by atoms with Gasteiger partial charge in [-0.05, 0) is 43.8 Å². The Kier molecular flexibility index (Phi) is 4.80. The van der Waals surface area contributed by atoms with Crippen LogP contribution in [0.25, 0.3) is 0 Å². The molecule has 2 aromatic rings. The third-order valence-corrected chi connectivity index (χ3v) is 4.09. The predicted octanol–water partition coefficient (Wildman–Crippen LogP) is 4.40. The molecule has 0 aliphatic carbocycles. The minimum absolute atomic E-state index is 0.111. The molecule has 1 heterocycles. The highest BCUT2D eigenvalue weighted by Gasteiger charge is 2.09. The molecule has 1 aromatic heterocycles. The molecule has 1 atom stereocenters.